The molecule has 0 fully saturated rings. The standard InChI is InChI=1S/C12H13Br2N3O2S/c1-16-7-9(6-15-16)8-17(2)20(18,19)12-4-3-10(13)5-11(12)14/h3-7H,8H2,1-2H3. The van der Waals surface area contributed by atoms with Gasteiger partial charge >= 0.3 is 0 Å². The molecular weight excluding hydrogens is 410 g/mol. The molecule has 0 radical (unpaired) electrons. The molecule has 5 nitrogen and oxygen atoms in total. The van der Waals surface area contributed by atoms with Gasteiger partial charge in [0, 0.05) is 41.3 Å². The zero-order valence-electron chi connectivity index (χ0n) is 10.9. The van der Waals surface area contributed by atoms with Crippen LogP contribution >= 0.6 is 31.9 Å². The molecule has 2 rings (SSSR count). The lowest BCUT2D eigenvalue weighted by Crippen LogP contribution is -2.26. The van der Waals surface area contributed by atoms with Gasteiger partial charge in [0.05, 0.1) is 11.1 Å². The fraction of sp³-hybridized carbons (Fsp3) is 0.250. The minimum atomic E-state index is -3.55. The van der Waals surface area contributed by atoms with E-state index in [9.17, 15) is 8.42 Å². The number of rotatable bonds is 4. The van der Waals surface area contributed by atoms with Gasteiger partial charge in [0.2, 0.25) is 10.0 Å². The van der Waals surface area contributed by atoms with E-state index in [1.165, 1.54) is 4.31 Å². The normalized spacial score (nSPS) is 12.1. The van der Waals surface area contributed by atoms with Crippen molar-refractivity contribution in [3.63, 3.8) is 0 Å². The number of halogens is 2. The maximum absolute atomic E-state index is 12.5. The molecule has 0 aliphatic rings. The van der Waals surface area contributed by atoms with Crippen LogP contribution in [0.2, 0.25) is 0 Å². The lowest BCUT2D eigenvalue weighted by molar-refractivity contribution is 0.466. The third-order valence-electron chi connectivity index (χ3n) is 2.75. The third kappa shape index (κ3) is 3.30. The van der Waals surface area contributed by atoms with E-state index in [4.69, 9.17) is 0 Å². The van der Waals surface area contributed by atoms with Crippen LogP contribution in [-0.4, -0.2) is 29.6 Å². The zero-order valence-corrected chi connectivity index (χ0v) is 14.9. The summed E-state index contributed by atoms with van der Waals surface area (Å²) in [6.07, 6.45) is 3.45. The number of hydrogen-bond donors (Lipinski definition) is 0. The van der Waals surface area contributed by atoms with E-state index in [-0.39, 0.29) is 11.4 Å². The van der Waals surface area contributed by atoms with Gasteiger partial charge in [0.15, 0.2) is 0 Å². The van der Waals surface area contributed by atoms with E-state index >= 15 is 0 Å². The van der Waals surface area contributed by atoms with Crippen LogP contribution < -0.4 is 0 Å². The topological polar surface area (TPSA) is 55.2 Å². The monoisotopic (exact) mass is 421 g/mol. The van der Waals surface area contributed by atoms with Crippen molar-refractivity contribution in [3.8, 4) is 0 Å². The van der Waals surface area contributed by atoms with Crippen molar-refractivity contribution in [1.29, 1.82) is 0 Å². The fourth-order valence-electron chi connectivity index (χ4n) is 1.75. The molecule has 20 heavy (non-hydrogen) atoms. The molecule has 0 saturated carbocycles. The molecule has 1 aromatic carbocycles. The number of aryl methyl sites for hydroxylation is 1. The average Bonchev–Trinajstić information content (AvgIpc) is 2.74. The lowest BCUT2D eigenvalue weighted by atomic mass is 10.4. The van der Waals surface area contributed by atoms with Crippen LogP contribution in [0.15, 0.2) is 44.4 Å². The molecule has 0 bridgehead atoms. The van der Waals surface area contributed by atoms with Crippen molar-refractivity contribution in [2.45, 2.75) is 11.4 Å². The number of benzene rings is 1. The summed E-state index contributed by atoms with van der Waals surface area (Å²) in [5.74, 6) is 0. The first-order valence-electron chi connectivity index (χ1n) is 5.69. The molecule has 0 spiro atoms. The molecule has 0 unspecified atom stereocenters. The van der Waals surface area contributed by atoms with E-state index in [0.29, 0.717) is 4.47 Å². The maximum Gasteiger partial charge on any atom is 0.244 e. The Morgan fingerprint density at radius 3 is 2.60 bits per heavy atom. The van der Waals surface area contributed by atoms with E-state index < -0.39 is 10.0 Å². The van der Waals surface area contributed by atoms with Gasteiger partial charge in [-0.1, -0.05) is 15.9 Å². The number of hydrogen-bond acceptors (Lipinski definition) is 3. The first-order valence-corrected chi connectivity index (χ1v) is 8.72. The van der Waals surface area contributed by atoms with Crippen LogP contribution in [0.1, 0.15) is 5.56 Å². The summed E-state index contributed by atoms with van der Waals surface area (Å²) in [6, 6.07) is 4.99. The van der Waals surface area contributed by atoms with Crippen molar-refractivity contribution in [3.05, 3.63) is 45.1 Å². The highest BCUT2D eigenvalue weighted by atomic mass is 79.9. The second-order valence-electron chi connectivity index (χ2n) is 4.36. The highest BCUT2D eigenvalue weighted by Gasteiger charge is 2.23. The Balaban J connectivity index is 2.29. The molecular formula is C12H13Br2N3O2S. The Bertz CT molecular complexity index is 728. The largest absolute Gasteiger partial charge is 0.275 e. The van der Waals surface area contributed by atoms with Gasteiger partial charge in [-0.2, -0.15) is 9.40 Å². The summed E-state index contributed by atoms with van der Waals surface area (Å²) in [7, 11) is -0.199. The van der Waals surface area contributed by atoms with E-state index in [1.54, 1.807) is 49.4 Å². The highest BCUT2D eigenvalue weighted by molar-refractivity contribution is 9.11. The average molecular weight is 423 g/mol. The molecule has 0 N–H and O–H groups in total. The van der Waals surface area contributed by atoms with E-state index in [2.05, 4.69) is 37.0 Å². The summed E-state index contributed by atoms with van der Waals surface area (Å²) in [5.41, 5.74) is 0.840. The van der Waals surface area contributed by atoms with Crippen LogP contribution in [0.25, 0.3) is 0 Å². The maximum atomic E-state index is 12.5. The first-order chi connectivity index (χ1) is 9.30. The van der Waals surface area contributed by atoms with Crippen LogP contribution in [0, 0.1) is 0 Å². The Labute approximate surface area is 134 Å². The Morgan fingerprint density at radius 1 is 1.35 bits per heavy atom. The van der Waals surface area contributed by atoms with Gasteiger partial charge in [-0.25, -0.2) is 8.42 Å². The van der Waals surface area contributed by atoms with Crippen LogP contribution in [-0.2, 0) is 23.6 Å². The summed E-state index contributed by atoms with van der Waals surface area (Å²) in [5, 5.41) is 4.03. The zero-order chi connectivity index (χ0) is 14.9. The smallest absolute Gasteiger partial charge is 0.244 e. The number of aromatic nitrogens is 2. The van der Waals surface area contributed by atoms with Gasteiger partial charge in [0.25, 0.3) is 0 Å². The summed E-state index contributed by atoms with van der Waals surface area (Å²) in [6.45, 7) is 0.276. The van der Waals surface area contributed by atoms with Crippen molar-refractivity contribution >= 4 is 41.9 Å². The van der Waals surface area contributed by atoms with E-state index in [0.717, 1.165) is 10.0 Å². The van der Waals surface area contributed by atoms with Gasteiger partial charge < -0.3 is 0 Å². The summed E-state index contributed by atoms with van der Waals surface area (Å²) < 4.78 is 29.4. The Kier molecular flexibility index (Phi) is 4.68. The van der Waals surface area contributed by atoms with Crippen LogP contribution in [0.4, 0.5) is 0 Å². The number of nitrogens with zero attached hydrogens (tertiary/aromatic N) is 3. The quantitative estimate of drug-likeness (QED) is 0.761. The first kappa shape index (κ1) is 15.7. The molecule has 0 aliphatic carbocycles. The summed E-state index contributed by atoms with van der Waals surface area (Å²) in [4.78, 5) is 0.243. The molecule has 108 valence electrons. The highest BCUT2D eigenvalue weighted by Crippen LogP contribution is 2.28. The number of sulfonamides is 1. The second-order valence-corrected chi connectivity index (χ2v) is 8.14. The van der Waals surface area contributed by atoms with Crippen LogP contribution in [0.3, 0.4) is 0 Å². The SMILES string of the molecule is CN(Cc1cnn(C)c1)S(=O)(=O)c1ccc(Br)cc1Br. The van der Waals surface area contributed by atoms with Crippen molar-refractivity contribution < 1.29 is 8.42 Å². The van der Waals surface area contributed by atoms with Crippen molar-refractivity contribution in [2.24, 2.45) is 7.05 Å². The molecule has 0 amide bonds. The third-order valence-corrected chi connectivity index (χ3v) is 6.02. The van der Waals surface area contributed by atoms with E-state index in [1.807, 2.05) is 0 Å². The minimum absolute atomic E-state index is 0.243. The molecule has 0 aliphatic heterocycles. The minimum Gasteiger partial charge on any atom is -0.275 e. The second kappa shape index (κ2) is 5.97. The van der Waals surface area contributed by atoms with Crippen LogP contribution in [0.5, 0.6) is 0 Å². The van der Waals surface area contributed by atoms with Crippen molar-refractivity contribution in [1.82, 2.24) is 14.1 Å². The molecule has 1 heterocycles. The van der Waals surface area contributed by atoms with Gasteiger partial charge in [-0.3, -0.25) is 4.68 Å². The van der Waals surface area contributed by atoms with Gasteiger partial charge in [-0.05, 0) is 34.1 Å². The summed E-state index contributed by atoms with van der Waals surface area (Å²) >= 11 is 6.60. The predicted octanol–water partition coefficient (Wildman–Crippen LogP) is 2.77. The van der Waals surface area contributed by atoms with Crippen molar-refractivity contribution in [2.75, 3.05) is 7.05 Å². The van der Waals surface area contributed by atoms with Gasteiger partial charge in [0.1, 0.15) is 0 Å². The van der Waals surface area contributed by atoms with Gasteiger partial charge in [-0.15, -0.1) is 0 Å². The molecule has 0 saturated heterocycles. The molecule has 1 aromatic heterocycles. The molecule has 2 aromatic rings. The molecule has 0 atom stereocenters. The molecule has 8 heteroatoms. The Hall–Kier alpha value is -0.700. The Morgan fingerprint density at radius 2 is 2.05 bits per heavy atom. The fourth-order valence-corrected chi connectivity index (χ4v) is 4.61. The predicted molar refractivity (Wildman–Crippen MR) is 83.7 cm³/mol. The lowest BCUT2D eigenvalue weighted by Gasteiger charge is -2.17.